The monoisotopic (exact) mass is 216 g/mol. The van der Waals surface area contributed by atoms with Crippen molar-refractivity contribution in [3.8, 4) is 0 Å². The minimum Gasteiger partial charge on any atom is -0.393 e. The molecule has 1 saturated heterocycles. The van der Waals surface area contributed by atoms with Crippen LogP contribution in [0.15, 0.2) is 0 Å². The van der Waals surface area contributed by atoms with Crippen molar-refractivity contribution in [2.75, 3.05) is 26.2 Å². The normalized spacial score (nSPS) is 23.5. The fourth-order valence-corrected chi connectivity index (χ4v) is 1.41. The van der Waals surface area contributed by atoms with E-state index in [1.54, 1.807) is 0 Å². The van der Waals surface area contributed by atoms with Gasteiger partial charge in [0.15, 0.2) is 0 Å². The molecule has 1 aliphatic rings. The summed E-state index contributed by atoms with van der Waals surface area (Å²) in [4.78, 5) is 11.5. The Hall–Kier alpha value is -0.650. The zero-order valence-electron chi connectivity index (χ0n) is 9.16. The maximum Gasteiger partial charge on any atom is 0.250 e. The van der Waals surface area contributed by atoms with Crippen LogP contribution in [0.25, 0.3) is 0 Å². The Labute approximate surface area is 90.2 Å². The lowest BCUT2D eigenvalue weighted by Gasteiger charge is -2.22. The highest BCUT2D eigenvalue weighted by molar-refractivity contribution is 5.81. The van der Waals surface area contributed by atoms with Gasteiger partial charge in [-0.3, -0.25) is 4.79 Å². The first-order valence-electron chi connectivity index (χ1n) is 5.52. The van der Waals surface area contributed by atoms with E-state index in [-0.39, 0.29) is 18.1 Å². The number of aliphatic hydroxyl groups excluding tert-OH is 1. The number of carbonyl (C=O) groups is 1. The number of nitrogens with one attached hydrogen (secondary N) is 2. The maximum atomic E-state index is 11.5. The van der Waals surface area contributed by atoms with Gasteiger partial charge >= 0.3 is 0 Å². The summed E-state index contributed by atoms with van der Waals surface area (Å²) in [7, 11) is 0. The van der Waals surface area contributed by atoms with E-state index in [4.69, 9.17) is 4.74 Å². The van der Waals surface area contributed by atoms with Crippen molar-refractivity contribution >= 4 is 5.91 Å². The summed E-state index contributed by atoms with van der Waals surface area (Å²) in [6, 6.07) is 0. The lowest BCUT2D eigenvalue weighted by atomic mass is 10.2. The number of hydrogen-bond donors (Lipinski definition) is 3. The topological polar surface area (TPSA) is 70.6 Å². The van der Waals surface area contributed by atoms with Crippen LogP contribution in [0, 0.1) is 0 Å². The summed E-state index contributed by atoms with van der Waals surface area (Å²) in [6.07, 6.45) is 0.618. The van der Waals surface area contributed by atoms with E-state index in [0.29, 0.717) is 26.1 Å². The van der Waals surface area contributed by atoms with Gasteiger partial charge in [-0.15, -0.1) is 0 Å². The van der Waals surface area contributed by atoms with Gasteiger partial charge in [0, 0.05) is 19.6 Å². The average molecular weight is 216 g/mol. The molecule has 0 bridgehead atoms. The molecular formula is C10H20N2O3. The first-order chi connectivity index (χ1) is 7.24. The summed E-state index contributed by atoms with van der Waals surface area (Å²) in [5.41, 5.74) is 0. The van der Waals surface area contributed by atoms with Crippen LogP contribution in [0.1, 0.15) is 19.8 Å². The number of carbonyl (C=O) groups excluding carboxylic acids is 1. The molecule has 0 aromatic heterocycles. The number of hydrogen-bond acceptors (Lipinski definition) is 4. The lowest BCUT2D eigenvalue weighted by molar-refractivity contribution is -0.134. The minimum atomic E-state index is -0.377. The second-order valence-electron chi connectivity index (χ2n) is 3.71. The molecule has 1 amide bonds. The third-order valence-electron chi connectivity index (χ3n) is 2.47. The van der Waals surface area contributed by atoms with Gasteiger partial charge < -0.3 is 20.5 Å². The first kappa shape index (κ1) is 12.4. The molecule has 1 rings (SSSR count). The highest BCUT2D eigenvalue weighted by Gasteiger charge is 2.21. The molecule has 5 heteroatoms. The third-order valence-corrected chi connectivity index (χ3v) is 2.47. The van der Waals surface area contributed by atoms with Crippen molar-refractivity contribution in [3.05, 3.63) is 0 Å². The second-order valence-corrected chi connectivity index (χ2v) is 3.71. The van der Waals surface area contributed by atoms with Crippen molar-refractivity contribution in [1.82, 2.24) is 10.6 Å². The largest absolute Gasteiger partial charge is 0.393 e. The fourth-order valence-electron chi connectivity index (χ4n) is 1.41. The highest BCUT2D eigenvalue weighted by Crippen LogP contribution is 1.97. The van der Waals surface area contributed by atoms with Crippen molar-refractivity contribution in [3.63, 3.8) is 0 Å². The molecule has 88 valence electrons. The Morgan fingerprint density at radius 1 is 1.73 bits per heavy atom. The van der Waals surface area contributed by atoms with Gasteiger partial charge in [-0.2, -0.15) is 0 Å². The van der Waals surface area contributed by atoms with Gasteiger partial charge in [0.2, 0.25) is 5.91 Å². The SMILES string of the molecule is CCC(O)CCNC(=O)C1CNCCO1. The van der Waals surface area contributed by atoms with Crippen LogP contribution >= 0.6 is 0 Å². The Kier molecular flexibility index (Phi) is 5.60. The van der Waals surface area contributed by atoms with E-state index in [9.17, 15) is 9.90 Å². The van der Waals surface area contributed by atoms with Crippen molar-refractivity contribution in [1.29, 1.82) is 0 Å². The van der Waals surface area contributed by atoms with Gasteiger partial charge in [-0.25, -0.2) is 0 Å². The van der Waals surface area contributed by atoms with E-state index in [0.717, 1.165) is 13.0 Å². The minimum absolute atomic E-state index is 0.0921. The molecule has 0 radical (unpaired) electrons. The lowest BCUT2D eigenvalue weighted by Crippen LogP contribution is -2.48. The second kappa shape index (κ2) is 6.76. The summed E-state index contributed by atoms with van der Waals surface area (Å²) < 4.78 is 5.29. The van der Waals surface area contributed by atoms with E-state index < -0.39 is 0 Å². The predicted molar refractivity (Wildman–Crippen MR) is 56.5 cm³/mol. The van der Waals surface area contributed by atoms with Gasteiger partial charge in [0.1, 0.15) is 6.10 Å². The van der Waals surface area contributed by atoms with Crippen molar-refractivity contribution < 1.29 is 14.6 Å². The van der Waals surface area contributed by atoms with Gasteiger partial charge in [0.25, 0.3) is 0 Å². The summed E-state index contributed by atoms with van der Waals surface area (Å²) in [5.74, 6) is -0.0921. The quantitative estimate of drug-likeness (QED) is 0.565. The zero-order valence-corrected chi connectivity index (χ0v) is 9.16. The van der Waals surface area contributed by atoms with Crippen LogP contribution in [-0.4, -0.2) is 49.5 Å². The molecule has 0 saturated carbocycles. The predicted octanol–water partition coefficient (Wildman–Crippen LogP) is -0.748. The van der Waals surface area contributed by atoms with Gasteiger partial charge in [-0.05, 0) is 12.8 Å². The molecular weight excluding hydrogens is 196 g/mol. The van der Waals surface area contributed by atoms with E-state index in [1.807, 2.05) is 6.92 Å². The Morgan fingerprint density at radius 3 is 3.13 bits per heavy atom. The van der Waals surface area contributed by atoms with E-state index in [1.165, 1.54) is 0 Å². The molecule has 2 atom stereocenters. The molecule has 0 spiro atoms. The molecule has 0 aliphatic carbocycles. The molecule has 1 aliphatic heterocycles. The zero-order chi connectivity index (χ0) is 11.1. The smallest absolute Gasteiger partial charge is 0.250 e. The maximum absolute atomic E-state index is 11.5. The first-order valence-corrected chi connectivity index (χ1v) is 5.52. The molecule has 3 N–H and O–H groups in total. The Morgan fingerprint density at radius 2 is 2.53 bits per heavy atom. The van der Waals surface area contributed by atoms with Gasteiger partial charge in [-0.1, -0.05) is 6.92 Å². The van der Waals surface area contributed by atoms with Crippen LogP contribution in [0.5, 0.6) is 0 Å². The molecule has 15 heavy (non-hydrogen) atoms. The van der Waals surface area contributed by atoms with Crippen LogP contribution < -0.4 is 10.6 Å². The Bertz CT molecular complexity index is 193. The summed E-state index contributed by atoms with van der Waals surface area (Å²) in [5, 5.41) is 15.1. The average Bonchev–Trinajstić information content (AvgIpc) is 2.29. The van der Waals surface area contributed by atoms with E-state index in [2.05, 4.69) is 10.6 Å². The third kappa shape index (κ3) is 4.59. The number of aliphatic hydroxyl groups is 1. The molecule has 1 fully saturated rings. The number of amides is 1. The molecule has 1 heterocycles. The van der Waals surface area contributed by atoms with E-state index >= 15 is 0 Å². The standard InChI is InChI=1S/C10H20N2O3/c1-2-8(13)3-4-12-10(14)9-7-11-5-6-15-9/h8-9,11,13H,2-7H2,1H3,(H,12,14). The van der Waals surface area contributed by atoms with Crippen LogP contribution in [0.2, 0.25) is 0 Å². The Balaban J connectivity index is 2.12. The number of rotatable bonds is 5. The number of ether oxygens (including phenoxy) is 1. The molecule has 5 nitrogen and oxygen atoms in total. The van der Waals surface area contributed by atoms with Crippen molar-refractivity contribution in [2.24, 2.45) is 0 Å². The van der Waals surface area contributed by atoms with Gasteiger partial charge in [0.05, 0.1) is 12.7 Å². The fraction of sp³-hybridized carbons (Fsp3) is 0.900. The molecule has 0 aromatic carbocycles. The summed E-state index contributed by atoms with van der Waals surface area (Å²) >= 11 is 0. The summed E-state index contributed by atoms with van der Waals surface area (Å²) in [6.45, 7) is 4.38. The van der Waals surface area contributed by atoms with Crippen LogP contribution in [0.3, 0.4) is 0 Å². The van der Waals surface area contributed by atoms with Crippen LogP contribution in [0.4, 0.5) is 0 Å². The van der Waals surface area contributed by atoms with Crippen molar-refractivity contribution in [2.45, 2.75) is 32.0 Å². The van der Waals surface area contributed by atoms with Crippen LogP contribution in [-0.2, 0) is 9.53 Å². The highest BCUT2D eigenvalue weighted by atomic mass is 16.5. The molecule has 2 unspecified atom stereocenters. The number of morpholine rings is 1. The molecule has 0 aromatic rings.